The second kappa shape index (κ2) is 5.88. The summed E-state index contributed by atoms with van der Waals surface area (Å²) in [5, 5.41) is 4.07. The number of hydrogen-bond acceptors (Lipinski definition) is 5. The third-order valence-corrected chi connectivity index (χ3v) is 4.17. The predicted molar refractivity (Wildman–Crippen MR) is 88.4 cm³/mol. The quantitative estimate of drug-likeness (QED) is 0.742. The van der Waals surface area contributed by atoms with Crippen molar-refractivity contribution in [3.63, 3.8) is 0 Å². The Kier molecular flexibility index (Phi) is 3.57. The van der Waals surface area contributed by atoms with Crippen molar-refractivity contribution in [3.05, 3.63) is 60.2 Å². The first-order chi connectivity index (χ1) is 11.7. The van der Waals surface area contributed by atoms with E-state index in [2.05, 4.69) is 15.1 Å². The number of rotatable bonds is 3. The van der Waals surface area contributed by atoms with Gasteiger partial charge in [0.15, 0.2) is 5.82 Å². The first kappa shape index (κ1) is 14.6. The maximum absolute atomic E-state index is 12.4. The molecule has 0 radical (unpaired) electrons. The van der Waals surface area contributed by atoms with Gasteiger partial charge in [-0.15, -0.1) is 0 Å². The molecule has 24 heavy (non-hydrogen) atoms. The van der Waals surface area contributed by atoms with Crippen molar-refractivity contribution in [3.8, 4) is 11.5 Å². The van der Waals surface area contributed by atoms with Crippen LogP contribution in [0, 0.1) is 6.92 Å². The molecule has 1 fully saturated rings. The smallest absolute Gasteiger partial charge is 0.258 e. The summed E-state index contributed by atoms with van der Waals surface area (Å²) in [5.41, 5.74) is 2.87. The van der Waals surface area contributed by atoms with Crippen LogP contribution in [0.4, 0.5) is 5.69 Å². The highest BCUT2D eigenvalue weighted by Gasteiger charge is 2.34. The highest BCUT2D eigenvalue weighted by atomic mass is 16.5. The molecule has 3 aromatic rings. The Balaban J connectivity index is 1.56. The van der Waals surface area contributed by atoms with Gasteiger partial charge in [-0.3, -0.25) is 9.78 Å². The van der Waals surface area contributed by atoms with Crippen LogP contribution in [0.3, 0.4) is 0 Å². The molecule has 0 spiro atoms. The van der Waals surface area contributed by atoms with Crippen LogP contribution in [-0.4, -0.2) is 27.6 Å². The number of benzene rings is 1. The zero-order chi connectivity index (χ0) is 16.5. The van der Waals surface area contributed by atoms with Gasteiger partial charge in [0.05, 0.1) is 0 Å². The van der Waals surface area contributed by atoms with Crippen LogP contribution in [0.15, 0.2) is 53.3 Å². The van der Waals surface area contributed by atoms with Gasteiger partial charge >= 0.3 is 0 Å². The van der Waals surface area contributed by atoms with E-state index in [4.69, 9.17) is 4.52 Å². The molecule has 1 amide bonds. The molecule has 0 saturated carbocycles. The summed E-state index contributed by atoms with van der Waals surface area (Å²) >= 11 is 0. The van der Waals surface area contributed by atoms with Crippen LogP contribution in [0.25, 0.3) is 11.5 Å². The van der Waals surface area contributed by atoms with Gasteiger partial charge in [0.2, 0.25) is 5.91 Å². The SMILES string of the molecule is Cc1cccc(N2C[C@@H](c3noc(-c4ccncc4)n3)CC2=O)c1. The minimum atomic E-state index is -0.0580. The summed E-state index contributed by atoms with van der Waals surface area (Å²) in [7, 11) is 0. The normalized spacial score (nSPS) is 17.5. The molecule has 1 saturated heterocycles. The zero-order valence-electron chi connectivity index (χ0n) is 13.2. The molecule has 0 N–H and O–H groups in total. The Hall–Kier alpha value is -3.02. The van der Waals surface area contributed by atoms with E-state index < -0.39 is 0 Å². The maximum Gasteiger partial charge on any atom is 0.258 e. The Bertz CT molecular complexity index is 875. The molecule has 6 heteroatoms. The predicted octanol–water partition coefficient (Wildman–Crippen LogP) is 2.96. The number of hydrogen-bond donors (Lipinski definition) is 0. The van der Waals surface area contributed by atoms with E-state index in [1.54, 1.807) is 17.3 Å². The molecule has 0 bridgehead atoms. The molecule has 2 aromatic heterocycles. The lowest BCUT2D eigenvalue weighted by molar-refractivity contribution is -0.117. The number of nitrogens with zero attached hydrogens (tertiary/aromatic N) is 4. The molecule has 1 aromatic carbocycles. The topological polar surface area (TPSA) is 72.1 Å². The van der Waals surface area contributed by atoms with Crippen molar-refractivity contribution in [2.75, 3.05) is 11.4 Å². The van der Waals surface area contributed by atoms with Gasteiger partial charge < -0.3 is 9.42 Å². The van der Waals surface area contributed by atoms with Crippen molar-refractivity contribution < 1.29 is 9.32 Å². The van der Waals surface area contributed by atoms with E-state index in [1.165, 1.54) is 0 Å². The van der Waals surface area contributed by atoms with Gasteiger partial charge in [-0.25, -0.2) is 0 Å². The summed E-state index contributed by atoms with van der Waals surface area (Å²) in [6, 6.07) is 11.6. The van der Waals surface area contributed by atoms with Crippen LogP contribution < -0.4 is 4.90 Å². The minimum absolute atomic E-state index is 0.0580. The molecule has 1 aliphatic heterocycles. The zero-order valence-corrected chi connectivity index (χ0v) is 13.2. The second-order valence-electron chi connectivity index (χ2n) is 5.94. The fourth-order valence-electron chi connectivity index (χ4n) is 2.94. The summed E-state index contributed by atoms with van der Waals surface area (Å²) < 4.78 is 5.34. The van der Waals surface area contributed by atoms with E-state index in [-0.39, 0.29) is 11.8 Å². The highest BCUT2D eigenvalue weighted by molar-refractivity contribution is 5.96. The van der Waals surface area contributed by atoms with Gasteiger partial charge in [0, 0.05) is 42.5 Å². The number of carbonyl (C=O) groups is 1. The third-order valence-electron chi connectivity index (χ3n) is 4.17. The molecule has 1 aliphatic rings. The van der Waals surface area contributed by atoms with Gasteiger partial charge in [-0.1, -0.05) is 17.3 Å². The Morgan fingerprint density at radius 1 is 1.21 bits per heavy atom. The lowest BCUT2D eigenvalue weighted by Crippen LogP contribution is -2.24. The standard InChI is InChI=1S/C18H16N4O2/c1-12-3-2-4-15(9-12)22-11-14(10-16(22)23)17-20-18(24-21-17)13-5-7-19-8-6-13/h2-9,14H,10-11H2,1H3/t14-/m0/s1. The fourth-order valence-corrected chi connectivity index (χ4v) is 2.94. The average Bonchev–Trinajstić information content (AvgIpc) is 3.22. The molecule has 1 atom stereocenters. The summed E-state index contributed by atoms with van der Waals surface area (Å²) in [6.45, 7) is 2.58. The Morgan fingerprint density at radius 2 is 2.04 bits per heavy atom. The van der Waals surface area contributed by atoms with Crippen molar-refractivity contribution in [2.45, 2.75) is 19.3 Å². The van der Waals surface area contributed by atoms with Gasteiger partial charge in [0.25, 0.3) is 5.89 Å². The van der Waals surface area contributed by atoms with Crippen molar-refractivity contribution >= 4 is 11.6 Å². The number of anilines is 1. The molecular formula is C18H16N4O2. The second-order valence-corrected chi connectivity index (χ2v) is 5.94. The van der Waals surface area contributed by atoms with Crippen molar-refractivity contribution in [1.29, 1.82) is 0 Å². The molecular weight excluding hydrogens is 304 g/mol. The third kappa shape index (κ3) is 2.67. The van der Waals surface area contributed by atoms with Crippen LogP contribution >= 0.6 is 0 Å². The number of aryl methyl sites for hydroxylation is 1. The van der Waals surface area contributed by atoms with Crippen LogP contribution in [0.1, 0.15) is 23.7 Å². The van der Waals surface area contributed by atoms with Crippen molar-refractivity contribution in [2.24, 2.45) is 0 Å². The van der Waals surface area contributed by atoms with E-state index in [0.717, 1.165) is 16.8 Å². The van der Waals surface area contributed by atoms with E-state index >= 15 is 0 Å². The van der Waals surface area contributed by atoms with Crippen LogP contribution in [0.2, 0.25) is 0 Å². The first-order valence-electron chi connectivity index (χ1n) is 7.82. The van der Waals surface area contributed by atoms with E-state index in [1.807, 2.05) is 43.3 Å². The average molecular weight is 320 g/mol. The van der Waals surface area contributed by atoms with E-state index in [0.29, 0.717) is 24.7 Å². The Labute approximate surface area is 139 Å². The summed E-state index contributed by atoms with van der Waals surface area (Å²) in [4.78, 5) is 22.6. The monoisotopic (exact) mass is 320 g/mol. The number of aromatic nitrogens is 3. The number of carbonyl (C=O) groups excluding carboxylic acids is 1. The molecule has 120 valence electrons. The molecule has 3 heterocycles. The Morgan fingerprint density at radius 3 is 2.83 bits per heavy atom. The van der Waals surface area contributed by atoms with Crippen LogP contribution in [0.5, 0.6) is 0 Å². The van der Waals surface area contributed by atoms with Crippen molar-refractivity contribution in [1.82, 2.24) is 15.1 Å². The first-order valence-corrected chi connectivity index (χ1v) is 7.82. The molecule has 4 rings (SSSR count). The largest absolute Gasteiger partial charge is 0.334 e. The highest BCUT2D eigenvalue weighted by Crippen LogP contribution is 2.31. The van der Waals surface area contributed by atoms with Gasteiger partial charge in [0.1, 0.15) is 0 Å². The minimum Gasteiger partial charge on any atom is -0.334 e. The molecule has 0 aliphatic carbocycles. The lowest BCUT2D eigenvalue weighted by atomic mass is 10.1. The van der Waals surface area contributed by atoms with E-state index in [9.17, 15) is 4.79 Å². The van der Waals surface area contributed by atoms with Gasteiger partial charge in [-0.2, -0.15) is 4.98 Å². The number of pyridine rings is 1. The van der Waals surface area contributed by atoms with Gasteiger partial charge in [-0.05, 0) is 36.8 Å². The number of amides is 1. The lowest BCUT2D eigenvalue weighted by Gasteiger charge is -2.16. The maximum atomic E-state index is 12.4. The summed E-state index contributed by atoms with van der Waals surface area (Å²) in [5.74, 6) is 1.05. The summed E-state index contributed by atoms with van der Waals surface area (Å²) in [6.07, 6.45) is 3.75. The van der Waals surface area contributed by atoms with Crippen LogP contribution in [-0.2, 0) is 4.79 Å². The fraction of sp³-hybridized carbons (Fsp3) is 0.222. The molecule has 6 nitrogen and oxygen atoms in total. The molecule has 0 unspecified atom stereocenters.